The molecule has 0 atom stereocenters. The van der Waals surface area contributed by atoms with Gasteiger partial charge in [-0.15, -0.1) is 0 Å². The van der Waals surface area contributed by atoms with Crippen molar-refractivity contribution in [2.75, 3.05) is 6.54 Å². The highest BCUT2D eigenvalue weighted by Gasteiger charge is 2.29. The second kappa shape index (κ2) is 5.97. The van der Waals surface area contributed by atoms with E-state index in [0.717, 1.165) is 19.4 Å². The third kappa shape index (κ3) is 3.08. The first kappa shape index (κ1) is 13.0. The van der Waals surface area contributed by atoms with Crippen LogP contribution in [0.2, 0.25) is 0 Å². The molecule has 0 amide bonds. The third-order valence-corrected chi connectivity index (χ3v) is 3.43. The highest BCUT2D eigenvalue weighted by atomic mass is 19.1. The molecule has 3 heteroatoms. The summed E-state index contributed by atoms with van der Waals surface area (Å²) < 4.78 is 14.0. The zero-order valence-electron chi connectivity index (χ0n) is 10.8. The smallest absolute Gasteiger partial charge is 0.145 e. The van der Waals surface area contributed by atoms with Gasteiger partial charge < -0.3 is 0 Å². The Bertz CT molecular complexity index is 446. The molecule has 0 bridgehead atoms. The Morgan fingerprint density at radius 2 is 2.22 bits per heavy atom. The summed E-state index contributed by atoms with van der Waals surface area (Å²) in [7, 11) is 0. The van der Waals surface area contributed by atoms with Crippen LogP contribution in [0.1, 0.15) is 43.7 Å². The van der Waals surface area contributed by atoms with E-state index in [0.29, 0.717) is 18.2 Å². The molecule has 1 fully saturated rings. The quantitative estimate of drug-likeness (QED) is 0.768. The number of hydrogen-bond donors (Lipinski definition) is 0. The van der Waals surface area contributed by atoms with Gasteiger partial charge in [0.25, 0.3) is 0 Å². The van der Waals surface area contributed by atoms with Crippen LogP contribution in [0.5, 0.6) is 0 Å². The van der Waals surface area contributed by atoms with E-state index in [1.807, 2.05) is 6.07 Å². The van der Waals surface area contributed by atoms with Crippen molar-refractivity contribution in [3.05, 3.63) is 35.1 Å². The molecule has 0 radical (unpaired) electrons. The maximum Gasteiger partial charge on any atom is 0.145 e. The van der Waals surface area contributed by atoms with Gasteiger partial charge in [0.05, 0.1) is 5.56 Å². The van der Waals surface area contributed by atoms with E-state index < -0.39 is 0 Å². The van der Waals surface area contributed by atoms with Crippen LogP contribution < -0.4 is 0 Å². The minimum Gasteiger partial charge on any atom is -0.296 e. The normalized spacial score (nSPS) is 14.8. The van der Waals surface area contributed by atoms with Crippen LogP contribution in [0.4, 0.5) is 4.39 Å². The lowest BCUT2D eigenvalue weighted by Gasteiger charge is -2.22. The fourth-order valence-corrected chi connectivity index (χ4v) is 2.20. The summed E-state index contributed by atoms with van der Waals surface area (Å²) in [6.07, 6.45) is 4.76. The molecule has 1 saturated carbocycles. The molecule has 0 spiro atoms. The fourth-order valence-electron chi connectivity index (χ4n) is 2.20. The van der Waals surface area contributed by atoms with Crippen LogP contribution >= 0.6 is 0 Å². The molecule has 1 aliphatic carbocycles. The van der Waals surface area contributed by atoms with E-state index in [1.165, 1.54) is 18.9 Å². The van der Waals surface area contributed by atoms with Crippen LogP contribution in [0, 0.1) is 17.1 Å². The molecule has 1 aromatic carbocycles. The van der Waals surface area contributed by atoms with E-state index in [1.54, 1.807) is 12.1 Å². The number of benzene rings is 1. The maximum absolute atomic E-state index is 14.0. The summed E-state index contributed by atoms with van der Waals surface area (Å²) in [6, 6.07) is 7.62. The molecule has 96 valence electrons. The zero-order valence-corrected chi connectivity index (χ0v) is 10.8. The third-order valence-electron chi connectivity index (χ3n) is 3.43. The summed E-state index contributed by atoms with van der Waals surface area (Å²) >= 11 is 0. The summed E-state index contributed by atoms with van der Waals surface area (Å²) in [5.74, 6) is -0.345. The Hall–Kier alpha value is -1.40. The van der Waals surface area contributed by atoms with E-state index in [4.69, 9.17) is 5.26 Å². The summed E-state index contributed by atoms with van der Waals surface area (Å²) in [4.78, 5) is 2.35. The molecule has 0 N–H and O–H groups in total. The monoisotopic (exact) mass is 246 g/mol. The van der Waals surface area contributed by atoms with Gasteiger partial charge in [0.15, 0.2) is 0 Å². The number of hydrogen-bond acceptors (Lipinski definition) is 2. The predicted molar refractivity (Wildman–Crippen MR) is 69.5 cm³/mol. The first-order valence-electron chi connectivity index (χ1n) is 6.67. The van der Waals surface area contributed by atoms with Crippen molar-refractivity contribution in [2.45, 2.75) is 45.2 Å². The molecule has 2 rings (SSSR count). The SMILES string of the molecule is CCCCN(Cc1cccc(C#N)c1F)C1CC1. The molecule has 0 saturated heterocycles. The van der Waals surface area contributed by atoms with Gasteiger partial charge in [-0.3, -0.25) is 4.90 Å². The second-order valence-corrected chi connectivity index (χ2v) is 4.95. The predicted octanol–water partition coefficient (Wildman–Crippen LogP) is 3.46. The average molecular weight is 246 g/mol. The van der Waals surface area contributed by atoms with Crippen molar-refractivity contribution in [2.24, 2.45) is 0 Å². The second-order valence-electron chi connectivity index (χ2n) is 4.95. The highest BCUT2D eigenvalue weighted by Crippen LogP contribution is 2.29. The number of halogens is 1. The summed E-state index contributed by atoms with van der Waals surface area (Å²) in [6.45, 7) is 3.82. The van der Waals surface area contributed by atoms with Crippen molar-refractivity contribution < 1.29 is 4.39 Å². The molecule has 0 heterocycles. The molecule has 1 aliphatic rings. The minimum atomic E-state index is -0.345. The average Bonchev–Trinajstić information content (AvgIpc) is 3.20. The molecule has 2 nitrogen and oxygen atoms in total. The summed E-state index contributed by atoms with van der Waals surface area (Å²) in [5, 5.41) is 8.84. The fraction of sp³-hybridized carbons (Fsp3) is 0.533. The van der Waals surface area contributed by atoms with Crippen LogP contribution in [0.15, 0.2) is 18.2 Å². The Balaban J connectivity index is 2.09. The largest absolute Gasteiger partial charge is 0.296 e. The lowest BCUT2D eigenvalue weighted by atomic mass is 10.1. The standard InChI is InChI=1S/C15H19FN2/c1-2-3-9-18(14-7-8-14)11-13-6-4-5-12(10-17)15(13)16/h4-6,14H,2-3,7-9,11H2,1H3. The molecule has 1 aromatic rings. The van der Waals surface area contributed by atoms with Gasteiger partial charge in [0.1, 0.15) is 11.9 Å². The maximum atomic E-state index is 14.0. The van der Waals surface area contributed by atoms with Crippen LogP contribution in [-0.2, 0) is 6.54 Å². The first-order chi connectivity index (χ1) is 8.76. The van der Waals surface area contributed by atoms with Crippen LogP contribution in [0.3, 0.4) is 0 Å². The van der Waals surface area contributed by atoms with Crippen molar-refractivity contribution in [3.8, 4) is 6.07 Å². The molecule has 18 heavy (non-hydrogen) atoms. The molecule has 0 unspecified atom stereocenters. The van der Waals surface area contributed by atoms with E-state index in [9.17, 15) is 4.39 Å². The number of nitrogens with zero attached hydrogens (tertiary/aromatic N) is 2. The van der Waals surface area contributed by atoms with Gasteiger partial charge in [-0.1, -0.05) is 25.5 Å². The van der Waals surface area contributed by atoms with Crippen molar-refractivity contribution in [1.82, 2.24) is 4.90 Å². The van der Waals surface area contributed by atoms with Gasteiger partial charge >= 0.3 is 0 Å². The topological polar surface area (TPSA) is 27.0 Å². The van der Waals surface area contributed by atoms with Gasteiger partial charge in [-0.05, 0) is 31.9 Å². The minimum absolute atomic E-state index is 0.152. The number of rotatable bonds is 6. The van der Waals surface area contributed by atoms with Gasteiger partial charge in [-0.2, -0.15) is 5.26 Å². The van der Waals surface area contributed by atoms with E-state index in [-0.39, 0.29) is 11.4 Å². The van der Waals surface area contributed by atoms with E-state index >= 15 is 0 Å². The molecule has 0 aromatic heterocycles. The van der Waals surface area contributed by atoms with Gasteiger partial charge in [0, 0.05) is 18.2 Å². The Labute approximate surface area is 108 Å². The number of unbranched alkanes of at least 4 members (excludes halogenated alkanes) is 1. The molecular weight excluding hydrogens is 227 g/mol. The Morgan fingerprint density at radius 1 is 1.44 bits per heavy atom. The highest BCUT2D eigenvalue weighted by molar-refractivity contribution is 5.35. The molecule has 0 aliphatic heterocycles. The van der Waals surface area contributed by atoms with Crippen molar-refractivity contribution in [1.29, 1.82) is 5.26 Å². The van der Waals surface area contributed by atoms with Crippen molar-refractivity contribution >= 4 is 0 Å². The lowest BCUT2D eigenvalue weighted by molar-refractivity contribution is 0.247. The zero-order chi connectivity index (χ0) is 13.0. The van der Waals surface area contributed by atoms with Gasteiger partial charge in [0.2, 0.25) is 0 Å². The van der Waals surface area contributed by atoms with Crippen molar-refractivity contribution in [3.63, 3.8) is 0 Å². The summed E-state index contributed by atoms with van der Waals surface area (Å²) in [5.41, 5.74) is 0.802. The lowest BCUT2D eigenvalue weighted by Crippen LogP contribution is -2.27. The van der Waals surface area contributed by atoms with Crippen LogP contribution in [-0.4, -0.2) is 17.5 Å². The van der Waals surface area contributed by atoms with Crippen LogP contribution in [0.25, 0.3) is 0 Å². The Morgan fingerprint density at radius 3 is 2.83 bits per heavy atom. The Kier molecular flexibility index (Phi) is 4.33. The number of nitriles is 1. The van der Waals surface area contributed by atoms with Gasteiger partial charge in [-0.25, -0.2) is 4.39 Å². The first-order valence-corrected chi connectivity index (χ1v) is 6.67. The van der Waals surface area contributed by atoms with E-state index in [2.05, 4.69) is 11.8 Å². The molecular formula is C15H19FN2.